The number of para-hydroxylation sites is 1. The van der Waals surface area contributed by atoms with Gasteiger partial charge in [0.25, 0.3) is 0 Å². The third-order valence-electron chi connectivity index (χ3n) is 4.00. The SMILES string of the molecule is CC(=O)N1c2ccccc2C2CCCC[C@@H]21. The van der Waals surface area contributed by atoms with Gasteiger partial charge in [0.2, 0.25) is 5.91 Å². The maximum Gasteiger partial charge on any atom is 0.224 e. The Morgan fingerprint density at radius 2 is 2.00 bits per heavy atom. The highest BCUT2D eigenvalue weighted by Crippen LogP contribution is 2.47. The molecule has 2 nitrogen and oxygen atoms in total. The van der Waals surface area contributed by atoms with Crippen LogP contribution in [0.3, 0.4) is 0 Å². The molecule has 0 spiro atoms. The van der Waals surface area contributed by atoms with Crippen molar-refractivity contribution >= 4 is 11.6 Å². The van der Waals surface area contributed by atoms with Gasteiger partial charge in [-0.15, -0.1) is 0 Å². The van der Waals surface area contributed by atoms with Gasteiger partial charge in [-0.3, -0.25) is 4.79 Å². The van der Waals surface area contributed by atoms with Gasteiger partial charge in [-0.05, 0) is 24.5 Å². The lowest BCUT2D eigenvalue weighted by Crippen LogP contribution is -2.39. The Bertz CT molecular complexity index is 426. The summed E-state index contributed by atoms with van der Waals surface area (Å²) in [6, 6.07) is 8.85. The van der Waals surface area contributed by atoms with Crippen LogP contribution in [0.2, 0.25) is 0 Å². The molecule has 0 radical (unpaired) electrons. The van der Waals surface area contributed by atoms with Crippen LogP contribution < -0.4 is 4.90 Å². The molecule has 16 heavy (non-hydrogen) atoms. The van der Waals surface area contributed by atoms with Gasteiger partial charge in [-0.1, -0.05) is 31.0 Å². The van der Waals surface area contributed by atoms with Crippen LogP contribution in [0, 0.1) is 0 Å². The number of fused-ring (bicyclic) bond motifs is 3. The number of hydrogen-bond acceptors (Lipinski definition) is 1. The van der Waals surface area contributed by atoms with Gasteiger partial charge >= 0.3 is 0 Å². The van der Waals surface area contributed by atoms with E-state index in [1.165, 1.54) is 31.2 Å². The molecule has 3 rings (SSSR count). The number of carbonyl (C=O) groups is 1. The van der Waals surface area contributed by atoms with Gasteiger partial charge in [0.15, 0.2) is 0 Å². The monoisotopic (exact) mass is 215 g/mol. The summed E-state index contributed by atoms with van der Waals surface area (Å²) < 4.78 is 0. The Morgan fingerprint density at radius 3 is 2.81 bits per heavy atom. The van der Waals surface area contributed by atoms with Gasteiger partial charge in [0.1, 0.15) is 0 Å². The number of carbonyl (C=O) groups excluding carboxylic acids is 1. The van der Waals surface area contributed by atoms with Crippen molar-refractivity contribution in [1.82, 2.24) is 0 Å². The van der Waals surface area contributed by atoms with Crippen molar-refractivity contribution in [1.29, 1.82) is 0 Å². The highest BCUT2D eigenvalue weighted by molar-refractivity contribution is 5.95. The van der Waals surface area contributed by atoms with E-state index in [4.69, 9.17) is 0 Å². The summed E-state index contributed by atoms with van der Waals surface area (Å²) in [5.41, 5.74) is 2.55. The molecule has 1 unspecified atom stereocenters. The molecule has 2 heteroatoms. The second kappa shape index (κ2) is 3.62. The van der Waals surface area contributed by atoms with Crippen molar-refractivity contribution in [3.05, 3.63) is 29.8 Å². The molecule has 1 aliphatic heterocycles. The average molecular weight is 215 g/mol. The molecule has 1 heterocycles. The lowest BCUT2D eigenvalue weighted by atomic mass is 9.82. The number of benzene rings is 1. The third-order valence-corrected chi connectivity index (χ3v) is 4.00. The molecule has 0 saturated heterocycles. The molecular formula is C14H17NO. The minimum absolute atomic E-state index is 0.196. The Hall–Kier alpha value is -1.31. The highest BCUT2D eigenvalue weighted by Gasteiger charge is 2.40. The first-order valence-corrected chi connectivity index (χ1v) is 6.18. The summed E-state index contributed by atoms with van der Waals surface area (Å²) in [6.45, 7) is 1.69. The van der Waals surface area contributed by atoms with E-state index in [1.807, 2.05) is 11.0 Å². The van der Waals surface area contributed by atoms with Crippen molar-refractivity contribution in [2.24, 2.45) is 0 Å². The average Bonchev–Trinajstić information content (AvgIpc) is 2.63. The van der Waals surface area contributed by atoms with Crippen LogP contribution in [0.4, 0.5) is 5.69 Å². The Kier molecular flexibility index (Phi) is 2.23. The largest absolute Gasteiger partial charge is 0.309 e. The van der Waals surface area contributed by atoms with E-state index in [0.29, 0.717) is 12.0 Å². The van der Waals surface area contributed by atoms with Crippen LogP contribution in [-0.4, -0.2) is 11.9 Å². The molecule has 2 aliphatic rings. The molecule has 0 N–H and O–H groups in total. The van der Waals surface area contributed by atoms with E-state index in [9.17, 15) is 4.79 Å². The zero-order valence-electron chi connectivity index (χ0n) is 9.65. The standard InChI is InChI=1S/C14H17NO/c1-10(16)15-13-8-4-2-6-11(13)12-7-3-5-9-14(12)15/h2,4,6,8,12,14H,3,5,7,9H2,1H3/t12?,14-/m0/s1. The van der Waals surface area contributed by atoms with E-state index < -0.39 is 0 Å². The zero-order valence-corrected chi connectivity index (χ0v) is 9.65. The van der Waals surface area contributed by atoms with E-state index in [1.54, 1.807) is 6.92 Å². The normalized spacial score (nSPS) is 27.4. The lowest BCUT2D eigenvalue weighted by molar-refractivity contribution is -0.117. The molecule has 0 aromatic heterocycles. The maximum atomic E-state index is 11.8. The van der Waals surface area contributed by atoms with Gasteiger partial charge in [-0.25, -0.2) is 0 Å². The highest BCUT2D eigenvalue weighted by atomic mass is 16.2. The molecule has 84 valence electrons. The predicted molar refractivity (Wildman–Crippen MR) is 64.6 cm³/mol. The van der Waals surface area contributed by atoms with E-state index >= 15 is 0 Å². The van der Waals surface area contributed by atoms with Crippen LogP contribution in [0.15, 0.2) is 24.3 Å². The first-order chi connectivity index (χ1) is 7.79. The second-order valence-corrected chi connectivity index (χ2v) is 4.91. The molecular weight excluding hydrogens is 198 g/mol. The summed E-state index contributed by atoms with van der Waals surface area (Å²) in [5.74, 6) is 0.788. The molecule has 1 fully saturated rings. The number of nitrogens with zero attached hydrogens (tertiary/aromatic N) is 1. The molecule has 2 atom stereocenters. The Balaban J connectivity index is 2.09. The third kappa shape index (κ3) is 1.29. The van der Waals surface area contributed by atoms with Crippen molar-refractivity contribution < 1.29 is 4.79 Å². The van der Waals surface area contributed by atoms with Crippen LogP contribution >= 0.6 is 0 Å². The minimum Gasteiger partial charge on any atom is -0.309 e. The summed E-state index contributed by atoms with van der Waals surface area (Å²) >= 11 is 0. The van der Waals surface area contributed by atoms with Crippen molar-refractivity contribution in [3.63, 3.8) is 0 Å². The van der Waals surface area contributed by atoms with E-state index in [0.717, 1.165) is 5.69 Å². The maximum absolute atomic E-state index is 11.8. The first-order valence-electron chi connectivity index (χ1n) is 6.18. The van der Waals surface area contributed by atoms with Gasteiger partial charge in [0.05, 0.1) is 0 Å². The summed E-state index contributed by atoms with van der Waals surface area (Å²) in [7, 11) is 0. The van der Waals surface area contributed by atoms with Crippen LogP contribution in [-0.2, 0) is 4.79 Å². The smallest absolute Gasteiger partial charge is 0.224 e. The number of amides is 1. The fourth-order valence-electron chi connectivity index (χ4n) is 3.39. The number of anilines is 1. The van der Waals surface area contributed by atoms with E-state index in [-0.39, 0.29) is 5.91 Å². The molecule has 1 amide bonds. The fourth-order valence-corrected chi connectivity index (χ4v) is 3.39. The van der Waals surface area contributed by atoms with Gasteiger partial charge in [0, 0.05) is 24.6 Å². The molecule has 1 aromatic rings. The van der Waals surface area contributed by atoms with Crippen LogP contribution in [0.1, 0.15) is 44.1 Å². The molecule has 0 bridgehead atoms. The Labute approximate surface area is 96.3 Å². The number of hydrogen-bond donors (Lipinski definition) is 0. The summed E-state index contributed by atoms with van der Waals surface area (Å²) in [5, 5.41) is 0. The second-order valence-electron chi connectivity index (χ2n) is 4.91. The van der Waals surface area contributed by atoms with Crippen LogP contribution in [0.25, 0.3) is 0 Å². The lowest BCUT2D eigenvalue weighted by Gasteiger charge is -2.31. The van der Waals surface area contributed by atoms with Crippen molar-refractivity contribution in [2.75, 3.05) is 4.90 Å². The van der Waals surface area contributed by atoms with E-state index in [2.05, 4.69) is 18.2 Å². The molecule has 1 aliphatic carbocycles. The fraction of sp³-hybridized carbons (Fsp3) is 0.500. The first kappa shape index (κ1) is 9.88. The minimum atomic E-state index is 0.196. The van der Waals surface area contributed by atoms with Gasteiger partial charge < -0.3 is 4.90 Å². The van der Waals surface area contributed by atoms with Crippen molar-refractivity contribution in [2.45, 2.75) is 44.6 Å². The molecule has 1 aromatic carbocycles. The van der Waals surface area contributed by atoms with Crippen molar-refractivity contribution in [3.8, 4) is 0 Å². The quantitative estimate of drug-likeness (QED) is 0.651. The predicted octanol–water partition coefficient (Wildman–Crippen LogP) is 3.08. The Morgan fingerprint density at radius 1 is 1.25 bits per heavy atom. The van der Waals surface area contributed by atoms with Crippen LogP contribution in [0.5, 0.6) is 0 Å². The zero-order chi connectivity index (χ0) is 11.1. The molecule has 1 saturated carbocycles. The summed E-state index contributed by atoms with van der Waals surface area (Å²) in [4.78, 5) is 13.8. The van der Waals surface area contributed by atoms with Gasteiger partial charge in [-0.2, -0.15) is 0 Å². The summed E-state index contributed by atoms with van der Waals surface area (Å²) in [6.07, 6.45) is 4.98. The topological polar surface area (TPSA) is 20.3 Å². The number of rotatable bonds is 0.